The van der Waals surface area contributed by atoms with E-state index in [1.165, 1.54) is 0 Å². The molecule has 6 nitrogen and oxygen atoms in total. The molecule has 1 fully saturated rings. The molecule has 0 aliphatic carbocycles. The maximum Gasteiger partial charge on any atom is 0.410 e. The molecule has 1 saturated heterocycles. The van der Waals surface area contributed by atoms with E-state index >= 15 is 0 Å². The van der Waals surface area contributed by atoms with Crippen LogP contribution in [0.15, 0.2) is 12.3 Å². The summed E-state index contributed by atoms with van der Waals surface area (Å²) in [6, 6.07) is 2.02. The zero-order valence-electron chi connectivity index (χ0n) is 14.3. The largest absolute Gasteiger partial charge is 0.444 e. The summed E-state index contributed by atoms with van der Waals surface area (Å²) in [5, 5.41) is 0.257. The lowest BCUT2D eigenvalue weighted by Gasteiger charge is -2.30. The van der Waals surface area contributed by atoms with E-state index in [0.717, 1.165) is 31.6 Å². The molecule has 1 aromatic rings. The van der Waals surface area contributed by atoms with Gasteiger partial charge in [0.2, 0.25) is 5.28 Å². The van der Waals surface area contributed by atoms with Gasteiger partial charge in [0.05, 0.1) is 5.69 Å². The van der Waals surface area contributed by atoms with Crippen molar-refractivity contribution in [3.05, 3.63) is 23.2 Å². The number of likely N-dealkylation sites (N-methyl/N-ethyl adjacent to an activating group) is 1. The van der Waals surface area contributed by atoms with Crippen LogP contribution in [0.1, 0.15) is 39.3 Å². The Morgan fingerprint density at radius 1 is 1.52 bits per heavy atom. The predicted octanol–water partition coefficient (Wildman–Crippen LogP) is 2.96. The number of amides is 1. The minimum Gasteiger partial charge on any atom is -0.444 e. The quantitative estimate of drug-likeness (QED) is 0.789. The molecule has 2 rings (SSSR count). The lowest BCUT2D eigenvalue weighted by molar-refractivity contribution is 0.0201. The second-order valence-electron chi connectivity index (χ2n) is 6.98. The molecule has 7 heteroatoms. The van der Waals surface area contributed by atoms with Crippen LogP contribution in [0.25, 0.3) is 0 Å². The van der Waals surface area contributed by atoms with Gasteiger partial charge < -0.3 is 9.64 Å². The molecular formula is C16H25ClN4O2. The smallest absolute Gasteiger partial charge is 0.410 e. The van der Waals surface area contributed by atoms with Crippen molar-refractivity contribution in [2.24, 2.45) is 0 Å². The first-order valence-corrected chi connectivity index (χ1v) is 8.28. The van der Waals surface area contributed by atoms with E-state index in [0.29, 0.717) is 6.54 Å². The SMILES string of the molecule is CN(Cc1ccnc(Cl)n1)CC1CCCN1C(=O)OC(C)(C)C. The molecule has 2 heterocycles. The average Bonchev–Trinajstić information content (AvgIpc) is 2.84. The first-order chi connectivity index (χ1) is 10.7. The second-order valence-corrected chi connectivity index (χ2v) is 7.32. The standard InChI is InChI=1S/C16H25ClN4O2/c1-16(2,3)23-15(22)21-9-5-6-13(21)11-20(4)10-12-7-8-18-14(17)19-12/h7-8,13H,5-6,9-11H2,1-4H3. The fourth-order valence-electron chi connectivity index (χ4n) is 2.74. The maximum atomic E-state index is 12.3. The third kappa shape index (κ3) is 5.62. The zero-order chi connectivity index (χ0) is 17.0. The number of aromatic nitrogens is 2. The molecule has 1 amide bonds. The highest BCUT2D eigenvalue weighted by Crippen LogP contribution is 2.21. The summed E-state index contributed by atoms with van der Waals surface area (Å²) in [5.74, 6) is 0. The van der Waals surface area contributed by atoms with Crippen molar-refractivity contribution in [2.75, 3.05) is 20.1 Å². The molecule has 0 saturated carbocycles. The van der Waals surface area contributed by atoms with E-state index in [-0.39, 0.29) is 17.4 Å². The molecule has 0 spiro atoms. The van der Waals surface area contributed by atoms with Crippen LogP contribution in [0.4, 0.5) is 4.79 Å². The van der Waals surface area contributed by atoms with Gasteiger partial charge in [-0.2, -0.15) is 0 Å². The van der Waals surface area contributed by atoms with Crippen LogP contribution in [0.5, 0.6) is 0 Å². The minimum atomic E-state index is -0.464. The van der Waals surface area contributed by atoms with Crippen molar-refractivity contribution in [1.29, 1.82) is 0 Å². The first-order valence-electron chi connectivity index (χ1n) is 7.90. The van der Waals surface area contributed by atoms with Crippen molar-refractivity contribution in [3.8, 4) is 0 Å². The van der Waals surface area contributed by atoms with Gasteiger partial charge >= 0.3 is 6.09 Å². The molecule has 0 N–H and O–H groups in total. The molecule has 1 aliphatic heterocycles. The van der Waals surface area contributed by atoms with Gasteiger partial charge in [0.15, 0.2) is 0 Å². The van der Waals surface area contributed by atoms with Crippen molar-refractivity contribution in [2.45, 2.75) is 51.8 Å². The van der Waals surface area contributed by atoms with Crippen LogP contribution in [0.2, 0.25) is 5.28 Å². The number of nitrogens with zero attached hydrogens (tertiary/aromatic N) is 4. The van der Waals surface area contributed by atoms with Crippen molar-refractivity contribution >= 4 is 17.7 Å². The highest BCUT2D eigenvalue weighted by atomic mass is 35.5. The van der Waals surface area contributed by atoms with Crippen LogP contribution in [0.3, 0.4) is 0 Å². The van der Waals surface area contributed by atoms with Gasteiger partial charge in [-0.15, -0.1) is 0 Å². The third-order valence-electron chi connectivity index (χ3n) is 3.64. The Balaban J connectivity index is 1.91. The molecule has 0 radical (unpaired) electrons. The number of carbonyl (C=O) groups excluding carboxylic acids is 1. The Bertz CT molecular complexity index is 547. The minimum absolute atomic E-state index is 0.173. The van der Waals surface area contributed by atoms with Gasteiger partial charge in [0.1, 0.15) is 5.60 Å². The Morgan fingerprint density at radius 2 is 2.26 bits per heavy atom. The van der Waals surface area contributed by atoms with Crippen LogP contribution in [0, 0.1) is 0 Å². The van der Waals surface area contributed by atoms with E-state index in [2.05, 4.69) is 14.9 Å². The average molecular weight is 341 g/mol. The monoisotopic (exact) mass is 340 g/mol. The van der Waals surface area contributed by atoms with Crippen molar-refractivity contribution in [1.82, 2.24) is 19.8 Å². The first kappa shape index (κ1) is 17.9. The molecule has 0 aromatic carbocycles. The third-order valence-corrected chi connectivity index (χ3v) is 3.83. The fraction of sp³-hybridized carbons (Fsp3) is 0.688. The number of ether oxygens (including phenoxy) is 1. The van der Waals surface area contributed by atoms with Crippen LogP contribution >= 0.6 is 11.6 Å². The Morgan fingerprint density at radius 3 is 2.91 bits per heavy atom. The molecule has 128 valence electrons. The topological polar surface area (TPSA) is 58.6 Å². The predicted molar refractivity (Wildman–Crippen MR) is 89.3 cm³/mol. The highest BCUT2D eigenvalue weighted by Gasteiger charge is 2.32. The number of hydrogen-bond donors (Lipinski definition) is 0. The molecule has 1 atom stereocenters. The summed E-state index contributed by atoms with van der Waals surface area (Å²) in [4.78, 5) is 24.4. The molecule has 1 aliphatic rings. The van der Waals surface area contributed by atoms with E-state index in [1.807, 2.05) is 38.8 Å². The second kappa shape index (κ2) is 7.45. The van der Waals surface area contributed by atoms with Crippen molar-refractivity contribution in [3.63, 3.8) is 0 Å². The number of carbonyl (C=O) groups is 1. The van der Waals surface area contributed by atoms with Crippen molar-refractivity contribution < 1.29 is 9.53 Å². The number of halogens is 1. The van der Waals surface area contributed by atoms with Crippen LogP contribution < -0.4 is 0 Å². The fourth-order valence-corrected chi connectivity index (χ4v) is 2.91. The summed E-state index contributed by atoms with van der Waals surface area (Å²) in [7, 11) is 2.02. The van der Waals surface area contributed by atoms with Gasteiger partial charge in [0, 0.05) is 31.9 Å². The highest BCUT2D eigenvalue weighted by molar-refractivity contribution is 6.28. The zero-order valence-corrected chi connectivity index (χ0v) is 15.0. The summed E-state index contributed by atoms with van der Waals surface area (Å²) in [6.07, 6.45) is 3.44. The lowest BCUT2D eigenvalue weighted by Crippen LogP contribution is -2.44. The lowest BCUT2D eigenvalue weighted by atomic mass is 10.2. The summed E-state index contributed by atoms with van der Waals surface area (Å²) >= 11 is 5.81. The van der Waals surface area contributed by atoms with E-state index < -0.39 is 5.60 Å². The molecule has 1 unspecified atom stereocenters. The molecular weight excluding hydrogens is 316 g/mol. The van der Waals surface area contributed by atoms with Crippen LogP contribution in [-0.4, -0.2) is 57.6 Å². The summed E-state index contributed by atoms with van der Waals surface area (Å²) in [5.41, 5.74) is 0.405. The Kier molecular flexibility index (Phi) is 5.81. The number of likely N-dealkylation sites (tertiary alicyclic amines) is 1. The van der Waals surface area contributed by atoms with E-state index in [1.54, 1.807) is 6.20 Å². The van der Waals surface area contributed by atoms with Crippen LogP contribution in [-0.2, 0) is 11.3 Å². The van der Waals surface area contributed by atoms with Gasteiger partial charge in [0.25, 0.3) is 0 Å². The summed E-state index contributed by atoms with van der Waals surface area (Å²) < 4.78 is 5.50. The maximum absolute atomic E-state index is 12.3. The Hall–Kier alpha value is -1.40. The summed E-state index contributed by atoms with van der Waals surface area (Å²) in [6.45, 7) is 7.87. The van der Waals surface area contributed by atoms with Gasteiger partial charge in [-0.05, 0) is 58.3 Å². The van der Waals surface area contributed by atoms with Gasteiger partial charge in [-0.1, -0.05) is 0 Å². The van der Waals surface area contributed by atoms with Gasteiger partial charge in [-0.25, -0.2) is 14.8 Å². The molecule has 1 aromatic heterocycles. The Labute approximate surface area is 142 Å². The number of hydrogen-bond acceptors (Lipinski definition) is 5. The van der Waals surface area contributed by atoms with E-state index in [4.69, 9.17) is 16.3 Å². The number of rotatable bonds is 4. The normalized spacial score (nSPS) is 18.5. The molecule has 23 heavy (non-hydrogen) atoms. The van der Waals surface area contributed by atoms with Gasteiger partial charge in [-0.3, -0.25) is 4.90 Å². The van der Waals surface area contributed by atoms with E-state index in [9.17, 15) is 4.79 Å². The molecule has 0 bridgehead atoms.